The molecule has 5 aromatic rings. The number of rotatable bonds is 26. The summed E-state index contributed by atoms with van der Waals surface area (Å²) in [6.45, 7) is 18.1. The molecule has 0 spiro atoms. The second-order valence-electron chi connectivity index (χ2n) is 24.5. The highest BCUT2D eigenvalue weighted by atomic mass is 16.5. The van der Waals surface area contributed by atoms with Gasteiger partial charge >= 0.3 is 18.1 Å². The molecule has 9 amide bonds. The molecule has 24 heteroatoms. The summed E-state index contributed by atoms with van der Waals surface area (Å²) in [5, 5.41) is 40.8. The highest BCUT2D eigenvalue weighted by Gasteiger charge is 2.42. The first kappa shape index (κ1) is 68.7. The Kier molecular flexibility index (Phi) is 23.5. The maximum absolute atomic E-state index is 14.3. The predicted octanol–water partition coefficient (Wildman–Crippen LogP) is 7.14. The van der Waals surface area contributed by atoms with E-state index in [0.717, 1.165) is 11.1 Å². The summed E-state index contributed by atoms with van der Waals surface area (Å²) in [7, 11) is 3.24. The van der Waals surface area contributed by atoms with Gasteiger partial charge in [-0.2, -0.15) is 15.4 Å². The van der Waals surface area contributed by atoms with Gasteiger partial charge in [-0.1, -0.05) is 135 Å². The predicted molar refractivity (Wildman–Crippen MR) is 339 cm³/mol. The van der Waals surface area contributed by atoms with E-state index in [2.05, 4.69) is 52.6 Å². The number of aromatic amines is 1. The number of H-pyrrole nitrogens is 1. The third-order valence-corrected chi connectivity index (χ3v) is 15.7. The lowest BCUT2D eigenvalue weighted by atomic mass is 9.76. The number of amides is 9. The third kappa shape index (κ3) is 18.1. The number of ether oxygens (including phenoxy) is 1. The van der Waals surface area contributed by atoms with Crippen LogP contribution in [0.3, 0.4) is 0 Å². The molecule has 2 heterocycles. The maximum Gasteiger partial charge on any atom is 0.411 e. The number of carbonyl (C=O) groups excluding carboxylic acids is 8. The van der Waals surface area contributed by atoms with E-state index in [9.17, 15) is 48.3 Å². The fraction of sp³-hybridized carbons (Fsp3) is 0.431. The zero-order chi connectivity index (χ0) is 65.5. The number of nitrogens with two attached hydrogens (primary N) is 1. The number of carboxylic acids is 1. The molecule has 1 aliphatic heterocycles. The van der Waals surface area contributed by atoms with Crippen LogP contribution in [0.1, 0.15) is 112 Å². The summed E-state index contributed by atoms with van der Waals surface area (Å²) >= 11 is 0. The van der Waals surface area contributed by atoms with Crippen molar-refractivity contribution in [1.82, 2.24) is 46.9 Å². The van der Waals surface area contributed by atoms with E-state index in [1.54, 1.807) is 81.4 Å². The number of aromatic nitrogens is 3. The van der Waals surface area contributed by atoms with Gasteiger partial charge in [0.15, 0.2) is 0 Å². The van der Waals surface area contributed by atoms with E-state index >= 15 is 0 Å². The standard InChI is InChI=1S/C65H85N13O11/c1-37(2)49(33-39(5)61(85)86)77(12)60(84)56(64(6,7)8)73-59(83)55(67-11)65(9,10)42-20-17-21-44(34-42)70-63(88)89-36-40-26-28-43(29-27-40)69-57(81)47(24-18-32-68-62(66)87)71-58(82)52(38(3)4)72-50(79)30-31-51(80)78-35-41-19-13-14-22-45(41)53-54(75-76-74-53)46-23-15-16-25-48(46)78/h13-17,19-23,25-29,33-34,37-38,47,49,52,55-56,67H,18,24,30-32,35-36H2,1-12H3,(H,69,81)(H,70,88)(H,71,82)(H,72,79)(H,73,83)(H,85,86)(H3,66,68,87)(H,74,75,76)/b39-33+. The molecule has 0 saturated carbocycles. The van der Waals surface area contributed by atoms with Gasteiger partial charge in [0.2, 0.25) is 35.4 Å². The van der Waals surface area contributed by atoms with E-state index in [1.165, 1.54) is 11.8 Å². The normalized spacial score (nSPS) is 14.0. The molecular weight excluding hydrogens is 1140 g/mol. The Bertz CT molecular complexity index is 3410. The zero-order valence-electron chi connectivity index (χ0n) is 52.7. The first-order chi connectivity index (χ1) is 42.0. The Morgan fingerprint density at radius 1 is 0.753 bits per heavy atom. The van der Waals surface area contributed by atoms with Gasteiger partial charge in [0.05, 0.1) is 24.3 Å². The molecule has 476 valence electrons. The number of fused-ring (bicyclic) bond motifs is 5. The van der Waals surface area contributed by atoms with Crippen LogP contribution < -0.4 is 47.9 Å². The number of urea groups is 1. The smallest absolute Gasteiger partial charge is 0.411 e. The lowest BCUT2D eigenvalue weighted by Crippen LogP contribution is -2.61. The molecule has 0 radical (unpaired) electrons. The summed E-state index contributed by atoms with van der Waals surface area (Å²) in [5.74, 6) is -4.60. The van der Waals surface area contributed by atoms with Crippen LogP contribution in [0.5, 0.6) is 0 Å². The van der Waals surface area contributed by atoms with Gasteiger partial charge in [-0.15, -0.1) is 0 Å². The Balaban J connectivity index is 1.04. The first-order valence-electron chi connectivity index (χ1n) is 29.6. The topological polar surface area (TPSA) is 341 Å². The number of carbonyl (C=O) groups is 9. The van der Waals surface area contributed by atoms with Gasteiger partial charge in [-0.3, -0.25) is 34.1 Å². The van der Waals surface area contributed by atoms with Crippen molar-refractivity contribution in [2.24, 2.45) is 23.0 Å². The molecule has 5 unspecified atom stereocenters. The number of anilines is 3. The molecule has 6 rings (SSSR count). The molecule has 11 N–H and O–H groups in total. The largest absolute Gasteiger partial charge is 0.478 e. The number of aliphatic carboxylic acids is 1. The van der Waals surface area contributed by atoms with E-state index in [4.69, 9.17) is 10.5 Å². The van der Waals surface area contributed by atoms with Crippen molar-refractivity contribution in [3.63, 3.8) is 0 Å². The van der Waals surface area contributed by atoms with Crippen molar-refractivity contribution < 1.29 is 53.0 Å². The Morgan fingerprint density at radius 2 is 1.40 bits per heavy atom. The summed E-state index contributed by atoms with van der Waals surface area (Å²) in [6, 6.07) is 22.9. The molecule has 0 bridgehead atoms. The van der Waals surface area contributed by atoms with Crippen LogP contribution in [0.15, 0.2) is 109 Å². The molecule has 24 nitrogen and oxygen atoms in total. The SMILES string of the molecule is CNC(C(=O)NC(C(=O)N(C)C(/C=C(\C)C(=O)O)C(C)C)C(C)(C)C)C(C)(C)c1cccc(NC(=O)OCc2ccc(NC(=O)C(CCCNC(N)=O)NC(=O)C(NC(=O)CCC(=O)N3Cc4ccccc4-c4n[nH]nc4-c4ccccc43)C(C)C)cc2)c1. The Hall–Kier alpha value is -9.45. The van der Waals surface area contributed by atoms with Crippen LogP contribution in [0.2, 0.25) is 0 Å². The van der Waals surface area contributed by atoms with Crippen molar-refractivity contribution in [2.45, 2.75) is 144 Å². The fourth-order valence-corrected chi connectivity index (χ4v) is 10.6. The zero-order valence-corrected chi connectivity index (χ0v) is 52.7. The number of hydrogen-bond donors (Lipinski definition) is 10. The monoisotopic (exact) mass is 1220 g/mol. The van der Waals surface area contributed by atoms with Gasteiger partial charge in [-0.25, -0.2) is 14.4 Å². The molecule has 1 aromatic heterocycles. The average Bonchev–Trinajstić information content (AvgIpc) is 1.84. The highest BCUT2D eigenvalue weighted by Crippen LogP contribution is 2.40. The van der Waals surface area contributed by atoms with Crippen molar-refractivity contribution >= 4 is 70.6 Å². The van der Waals surface area contributed by atoms with Crippen molar-refractivity contribution in [2.75, 3.05) is 36.2 Å². The number of likely N-dealkylation sites (N-methyl/N-ethyl adjacent to an activating group) is 2. The van der Waals surface area contributed by atoms with Crippen LogP contribution in [-0.2, 0) is 56.9 Å². The molecule has 1 aliphatic rings. The lowest BCUT2D eigenvalue weighted by molar-refractivity contribution is -0.141. The third-order valence-electron chi connectivity index (χ3n) is 15.7. The minimum Gasteiger partial charge on any atom is -0.478 e. The number of para-hydroxylation sites is 1. The van der Waals surface area contributed by atoms with E-state index in [1.807, 2.05) is 103 Å². The van der Waals surface area contributed by atoms with Gasteiger partial charge < -0.3 is 57.3 Å². The number of hydrogen-bond acceptors (Lipinski definition) is 13. The number of benzene rings is 4. The molecule has 4 aromatic carbocycles. The number of primary amides is 1. The van der Waals surface area contributed by atoms with Crippen LogP contribution >= 0.6 is 0 Å². The van der Waals surface area contributed by atoms with Crippen molar-refractivity contribution in [3.8, 4) is 22.5 Å². The fourth-order valence-electron chi connectivity index (χ4n) is 10.6. The van der Waals surface area contributed by atoms with Crippen LogP contribution in [0.25, 0.3) is 22.5 Å². The van der Waals surface area contributed by atoms with Gasteiger partial charge in [-0.05, 0) is 91.1 Å². The highest BCUT2D eigenvalue weighted by molar-refractivity contribution is 6.02. The number of carboxylic acid groups (broad SMARTS) is 1. The quantitative estimate of drug-likeness (QED) is 0.0194. The van der Waals surface area contributed by atoms with Crippen LogP contribution in [0, 0.1) is 17.3 Å². The molecular formula is C65H85N13O11. The van der Waals surface area contributed by atoms with E-state index in [0.29, 0.717) is 45.1 Å². The molecule has 0 aliphatic carbocycles. The Labute approximate surface area is 519 Å². The van der Waals surface area contributed by atoms with Gasteiger partial charge in [0.25, 0.3) is 0 Å². The molecule has 0 saturated heterocycles. The van der Waals surface area contributed by atoms with Gasteiger partial charge in [0.1, 0.15) is 36.1 Å². The van der Waals surface area contributed by atoms with E-state index in [-0.39, 0.29) is 68.7 Å². The van der Waals surface area contributed by atoms with Crippen molar-refractivity contribution in [3.05, 3.63) is 125 Å². The summed E-state index contributed by atoms with van der Waals surface area (Å²) in [4.78, 5) is 124. The van der Waals surface area contributed by atoms with E-state index < -0.39 is 88.7 Å². The van der Waals surface area contributed by atoms with Crippen molar-refractivity contribution in [1.29, 1.82) is 0 Å². The maximum atomic E-state index is 14.3. The number of nitrogens with zero attached hydrogens (tertiary/aromatic N) is 4. The average molecular weight is 1220 g/mol. The molecule has 0 fully saturated rings. The Morgan fingerprint density at radius 3 is 2.03 bits per heavy atom. The summed E-state index contributed by atoms with van der Waals surface area (Å²) in [5.41, 5.74) is 9.90. The van der Waals surface area contributed by atoms with Gasteiger partial charge in [0, 0.05) is 59.9 Å². The lowest BCUT2D eigenvalue weighted by Gasteiger charge is -2.40. The summed E-state index contributed by atoms with van der Waals surface area (Å²) in [6.07, 6.45) is 0.669. The minimum atomic E-state index is -1.14. The van der Waals surface area contributed by atoms with Crippen LogP contribution in [0.4, 0.5) is 26.7 Å². The minimum absolute atomic E-state index is 0.0727. The molecule has 5 atom stereocenters. The first-order valence-corrected chi connectivity index (χ1v) is 29.6. The van der Waals surface area contributed by atoms with Crippen LogP contribution in [-0.4, -0.2) is 130 Å². The molecule has 89 heavy (non-hydrogen) atoms. The summed E-state index contributed by atoms with van der Waals surface area (Å²) < 4.78 is 5.56. The second-order valence-corrected chi connectivity index (χ2v) is 24.5. The number of nitrogens with one attached hydrogen (secondary N) is 8. The second kappa shape index (κ2) is 30.5.